The number of carbonyl (C=O) groups excluding carboxylic acids is 1. The molecule has 1 fully saturated rings. The zero-order valence-corrected chi connectivity index (χ0v) is 13.3. The van der Waals surface area contributed by atoms with Gasteiger partial charge in [0.05, 0.1) is 6.54 Å². The molecule has 0 saturated heterocycles. The van der Waals surface area contributed by atoms with Crippen LogP contribution in [-0.2, 0) is 0 Å². The third-order valence-electron chi connectivity index (χ3n) is 4.85. The van der Waals surface area contributed by atoms with Crippen LogP contribution < -0.4 is 0 Å². The largest absolute Gasteiger partial charge is 0.296 e. The number of aryl methyl sites for hydroxylation is 2. The highest BCUT2D eigenvalue weighted by Crippen LogP contribution is 2.27. The van der Waals surface area contributed by atoms with E-state index in [9.17, 15) is 4.79 Å². The zero-order valence-electron chi connectivity index (χ0n) is 13.3. The molecule has 0 heterocycles. The second-order valence-corrected chi connectivity index (χ2v) is 6.47. The van der Waals surface area contributed by atoms with Crippen LogP contribution in [0.1, 0.15) is 54.1 Å². The Hall–Kier alpha value is -1.15. The zero-order chi connectivity index (χ0) is 14.7. The van der Waals surface area contributed by atoms with Crippen molar-refractivity contribution in [1.82, 2.24) is 4.90 Å². The molecule has 0 aromatic heterocycles. The number of likely N-dealkylation sites (N-methyl/N-ethyl adjacent to an activating group) is 1. The van der Waals surface area contributed by atoms with Gasteiger partial charge < -0.3 is 0 Å². The maximum Gasteiger partial charge on any atom is 0.176 e. The van der Waals surface area contributed by atoms with Gasteiger partial charge in [-0.25, -0.2) is 0 Å². The molecule has 2 rings (SSSR count). The number of hydrogen-bond donors (Lipinski definition) is 0. The van der Waals surface area contributed by atoms with Crippen molar-refractivity contribution in [2.45, 2.75) is 52.5 Å². The smallest absolute Gasteiger partial charge is 0.176 e. The van der Waals surface area contributed by atoms with Crippen LogP contribution in [0.2, 0.25) is 0 Å². The summed E-state index contributed by atoms with van der Waals surface area (Å²) < 4.78 is 0. The molecule has 2 atom stereocenters. The first-order chi connectivity index (χ1) is 9.49. The number of carbonyl (C=O) groups is 1. The molecule has 1 aromatic rings. The fourth-order valence-electron chi connectivity index (χ4n) is 3.30. The molecule has 1 aromatic carbocycles. The van der Waals surface area contributed by atoms with Crippen LogP contribution >= 0.6 is 0 Å². The molecule has 110 valence electrons. The predicted octanol–water partition coefficient (Wildman–Crippen LogP) is 4.00. The monoisotopic (exact) mass is 273 g/mol. The lowest BCUT2D eigenvalue weighted by molar-refractivity contribution is 0.0851. The van der Waals surface area contributed by atoms with Crippen molar-refractivity contribution >= 4 is 5.78 Å². The van der Waals surface area contributed by atoms with Gasteiger partial charge in [-0.2, -0.15) is 0 Å². The first kappa shape index (κ1) is 15.2. The molecule has 0 amide bonds. The Morgan fingerprint density at radius 2 is 1.90 bits per heavy atom. The van der Waals surface area contributed by atoms with E-state index in [0.717, 1.165) is 5.56 Å². The van der Waals surface area contributed by atoms with Gasteiger partial charge in [-0.05, 0) is 56.8 Å². The van der Waals surface area contributed by atoms with Crippen molar-refractivity contribution in [2.75, 3.05) is 13.6 Å². The van der Waals surface area contributed by atoms with E-state index in [-0.39, 0.29) is 5.78 Å². The van der Waals surface area contributed by atoms with Gasteiger partial charge in [0, 0.05) is 11.6 Å². The minimum Gasteiger partial charge on any atom is -0.296 e. The van der Waals surface area contributed by atoms with Gasteiger partial charge in [0.15, 0.2) is 5.78 Å². The van der Waals surface area contributed by atoms with Gasteiger partial charge >= 0.3 is 0 Å². The highest BCUT2D eigenvalue weighted by molar-refractivity contribution is 5.97. The average molecular weight is 273 g/mol. The lowest BCUT2D eigenvalue weighted by atomic mass is 9.85. The Labute approximate surface area is 123 Å². The fraction of sp³-hybridized carbons (Fsp3) is 0.611. The number of benzene rings is 1. The summed E-state index contributed by atoms with van der Waals surface area (Å²) >= 11 is 0. The Bertz CT molecular complexity index is 480. The Kier molecular flexibility index (Phi) is 4.98. The summed E-state index contributed by atoms with van der Waals surface area (Å²) in [5.41, 5.74) is 3.30. The molecule has 0 N–H and O–H groups in total. The van der Waals surface area contributed by atoms with Crippen LogP contribution in [-0.4, -0.2) is 30.3 Å². The quantitative estimate of drug-likeness (QED) is 0.773. The second-order valence-electron chi connectivity index (χ2n) is 6.47. The minimum atomic E-state index is 0.244. The summed E-state index contributed by atoms with van der Waals surface area (Å²) in [6, 6.07) is 6.60. The van der Waals surface area contributed by atoms with Crippen molar-refractivity contribution < 1.29 is 4.79 Å². The van der Waals surface area contributed by atoms with E-state index >= 15 is 0 Å². The molecular formula is C18H27NO. The van der Waals surface area contributed by atoms with E-state index in [1.165, 1.54) is 36.8 Å². The lowest BCUT2D eigenvalue weighted by Gasteiger charge is -2.35. The van der Waals surface area contributed by atoms with Crippen molar-refractivity contribution in [1.29, 1.82) is 0 Å². The summed E-state index contributed by atoms with van der Waals surface area (Å²) in [4.78, 5) is 14.7. The molecule has 0 bridgehead atoms. The second kappa shape index (κ2) is 6.53. The van der Waals surface area contributed by atoms with Crippen LogP contribution in [0.4, 0.5) is 0 Å². The summed E-state index contributed by atoms with van der Waals surface area (Å²) in [5, 5.41) is 0. The van der Waals surface area contributed by atoms with Gasteiger partial charge in [0.25, 0.3) is 0 Å². The van der Waals surface area contributed by atoms with Crippen LogP contribution in [0.25, 0.3) is 0 Å². The van der Waals surface area contributed by atoms with Crippen LogP contribution in [0.15, 0.2) is 18.2 Å². The van der Waals surface area contributed by atoms with Gasteiger partial charge in [-0.15, -0.1) is 0 Å². The standard InChI is InChI=1S/C18H27NO/c1-13-9-10-16(11-15(13)3)18(20)12-19(4)17-8-6-5-7-14(17)2/h9-11,14,17H,5-8,12H2,1-4H3. The molecule has 20 heavy (non-hydrogen) atoms. The summed E-state index contributed by atoms with van der Waals surface area (Å²) in [7, 11) is 2.10. The lowest BCUT2D eigenvalue weighted by Crippen LogP contribution is -2.41. The summed E-state index contributed by atoms with van der Waals surface area (Å²) in [6.07, 6.45) is 5.18. The highest BCUT2D eigenvalue weighted by atomic mass is 16.1. The van der Waals surface area contributed by atoms with Gasteiger partial charge in [0.1, 0.15) is 0 Å². The third-order valence-corrected chi connectivity index (χ3v) is 4.85. The molecule has 0 aliphatic heterocycles. The Balaban J connectivity index is 2.01. The maximum absolute atomic E-state index is 12.4. The van der Waals surface area contributed by atoms with E-state index < -0.39 is 0 Å². The number of rotatable bonds is 4. The first-order valence-corrected chi connectivity index (χ1v) is 7.79. The SMILES string of the molecule is Cc1ccc(C(=O)CN(C)C2CCCCC2C)cc1C. The third kappa shape index (κ3) is 3.49. The average Bonchev–Trinajstić information content (AvgIpc) is 2.42. The van der Waals surface area contributed by atoms with E-state index in [1.54, 1.807) is 0 Å². The van der Waals surface area contributed by atoms with Crippen molar-refractivity contribution in [2.24, 2.45) is 5.92 Å². The number of ketones is 1. The van der Waals surface area contributed by atoms with E-state index in [2.05, 4.69) is 32.7 Å². The van der Waals surface area contributed by atoms with E-state index in [0.29, 0.717) is 18.5 Å². The maximum atomic E-state index is 12.4. The highest BCUT2D eigenvalue weighted by Gasteiger charge is 2.26. The van der Waals surface area contributed by atoms with Gasteiger partial charge in [-0.3, -0.25) is 9.69 Å². The van der Waals surface area contributed by atoms with Gasteiger partial charge in [-0.1, -0.05) is 31.9 Å². The molecule has 2 unspecified atom stereocenters. The van der Waals surface area contributed by atoms with E-state index in [4.69, 9.17) is 0 Å². The fourth-order valence-corrected chi connectivity index (χ4v) is 3.30. The summed E-state index contributed by atoms with van der Waals surface area (Å²) in [6.45, 7) is 7.01. The first-order valence-electron chi connectivity index (χ1n) is 7.79. The number of Topliss-reactive ketones (excluding diaryl/α,β-unsaturated/α-hetero) is 1. The molecule has 1 saturated carbocycles. The minimum absolute atomic E-state index is 0.244. The normalized spacial score (nSPS) is 23.1. The van der Waals surface area contributed by atoms with Crippen LogP contribution in [0.5, 0.6) is 0 Å². The van der Waals surface area contributed by atoms with E-state index in [1.807, 2.05) is 18.2 Å². The number of hydrogen-bond acceptors (Lipinski definition) is 2. The molecule has 0 spiro atoms. The molecule has 2 nitrogen and oxygen atoms in total. The van der Waals surface area contributed by atoms with Crippen LogP contribution in [0, 0.1) is 19.8 Å². The predicted molar refractivity (Wildman–Crippen MR) is 84.3 cm³/mol. The van der Waals surface area contributed by atoms with Crippen LogP contribution in [0.3, 0.4) is 0 Å². The molecule has 2 heteroatoms. The Morgan fingerprint density at radius 3 is 2.55 bits per heavy atom. The number of nitrogens with zero attached hydrogens (tertiary/aromatic N) is 1. The molecule has 1 aliphatic rings. The summed E-state index contributed by atoms with van der Waals surface area (Å²) in [5.74, 6) is 0.953. The van der Waals surface area contributed by atoms with Gasteiger partial charge in [0.2, 0.25) is 0 Å². The molecule has 1 aliphatic carbocycles. The molecular weight excluding hydrogens is 246 g/mol. The van der Waals surface area contributed by atoms with Crippen molar-refractivity contribution in [3.05, 3.63) is 34.9 Å². The Morgan fingerprint density at radius 1 is 1.20 bits per heavy atom. The molecule has 0 radical (unpaired) electrons. The van der Waals surface area contributed by atoms with Crippen molar-refractivity contribution in [3.8, 4) is 0 Å². The topological polar surface area (TPSA) is 20.3 Å². The van der Waals surface area contributed by atoms with Crippen molar-refractivity contribution in [3.63, 3.8) is 0 Å².